The molecule has 0 radical (unpaired) electrons. The standard InChI is InChI=1S/C17H14N2O4/c1-12(20)14-3-2-4-15(11-14)18-17(21)10-7-13-5-8-16(9-6-13)19(22)23/h2-11H,1H3,(H,18,21). The Morgan fingerprint density at radius 3 is 2.43 bits per heavy atom. The highest BCUT2D eigenvalue weighted by Gasteiger charge is 2.04. The largest absolute Gasteiger partial charge is 0.322 e. The second kappa shape index (κ2) is 7.13. The van der Waals surface area contributed by atoms with E-state index in [0.29, 0.717) is 16.8 Å². The summed E-state index contributed by atoms with van der Waals surface area (Å²) in [5.41, 5.74) is 1.70. The van der Waals surface area contributed by atoms with Crippen molar-refractivity contribution in [2.75, 3.05) is 5.32 Å². The molecule has 0 unspecified atom stereocenters. The number of benzene rings is 2. The maximum absolute atomic E-state index is 11.9. The fourth-order valence-electron chi connectivity index (χ4n) is 1.88. The van der Waals surface area contributed by atoms with Crippen molar-refractivity contribution in [2.24, 2.45) is 0 Å². The highest BCUT2D eigenvalue weighted by Crippen LogP contribution is 2.14. The summed E-state index contributed by atoms with van der Waals surface area (Å²) in [6.07, 6.45) is 2.87. The Bertz CT molecular complexity index is 779. The molecule has 0 aliphatic carbocycles. The number of nitro groups is 1. The van der Waals surface area contributed by atoms with E-state index in [0.717, 1.165) is 0 Å². The van der Waals surface area contributed by atoms with Gasteiger partial charge in [-0.2, -0.15) is 0 Å². The molecule has 116 valence electrons. The Kier molecular flexibility index (Phi) is 4.99. The molecular weight excluding hydrogens is 296 g/mol. The number of carbonyl (C=O) groups is 2. The average molecular weight is 310 g/mol. The fourth-order valence-corrected chi connectivity index (χ4v) is 1.88. The number of nitro benzene ring substituents is 1. The van der Waals surface area contributed by atoms with Gasteiger partial charge in [0.25, 0.3) is 5.69 Å². The van der Waals surface area contributed by atoms with Gasteiger partial charge in [-0.1, -0.05) is 12.1 Å². The lowest BCUT2D eigenvalue weighted by Gasteiger charge is -2.03. The summed E-state index contributed by atoms with van der Waals surface area (Å²) < 4.78 is 0. The predicted octanol–water partition coefficient (Wildman–Crippen LogP) is 3.45. The third kappa shape index (κ3) is 4.60. The van der Waals surface area contributed by atoms with Crippen molar-refractivity contribution in [1.82, 2.24) is 0 Å². The summed E-state index contributed by atoms with van der Waals surface area (Å²) in [6, 6.07) is 12.5. The number of nitrogens with zero attached hydrogens (tertiary/aromatic N) is 1. The zero-order valence-corrected chi connectivity index (χ0v) is 12.4. The first-order chi connectivity index (χ1) is 11.0. The zero-order chi connectivity index (χ0) is 16.8. The molecule has 0 bridgehead atoms. The lowest BCUT2D eigenvalue weighted by Crippen LogP contribution is -2.08. The topological polar surface area (TPSA) is 89.3 Å². The Hall–Kier alpha value is -3.28. The fraction of sp³-hybridized carbons (Fsp3) is 0.0588. The van der Waals surface area contributed by atoms with E-state index in [1.54, 1.807) is 42.5 Å². The van der Waals surface area contributed by atoms with Crippen molar-refractivity contribution in [3.05, 3.63) is 75.8 Å². The van der Waals surface area contributed by atoms with Crippen molar-refractivity contribution in [1.29, 1.82) is 0 Å². The number of Topliss-reactive ketones (excluding diaryl/α,β-unsaturated/α-hetero) is 1. The summed E-state index contributed by atoms with van der Waals surface area (Å²) in [6.45, 7) is 1.45. The average Bonchev–Trinajstić information content (AvgIpc) is 2.53. The quantitative estimate of drug-likeness (QED) is 0.396. The van der Waals surface area contributed by atoms with Gasteiger partial charge in [0.1, 0.15) is 0 Å². The summed E-state index contributed by atoms with van der Waals surface area (Å²) >= 11 is 0. The molecule has 2 aromatic rings. The molecule has 6 heteroatoms. The third-order valence-corrected chi connectivity index (χ3v) is 3.07. The van der Waals surface area contributed by atoms with Crippen molar-refractivity contribution in [3.63, 3.8) is 0 Å². The maximum Gasteiger partial charge on any atom is 0.269 e. The van der Waals surface area contributed by atoms with Crippen LogP contribution in [0.1, 0.15) is 22.8 Å². The van der Waals surface area contributed by atoms with Crippen molar-refractivity contribution in [3.8, 4) is 0 Å². The van der Waals surface area contributed by atoms with Gasteiger partial charge in [-0.25, -0.2) is 0 Å². The van der Waals surface area contributed by atoms with Crippen LogP contribution in [0.3, 0.4) is 0 Å². The van der Waals surface area contributed by atoms with Crippen molar-refractivity contribution >= 4 is 29.1 Å². The lowest BCUT2D eigenvalue weighted by molar-refractivity contribution is -0.384. The molecule has 0 aliphatic heterocycles. The minimum absolute atomic E-state index is 0.00681. The molecule has 1 N–H and O–H groups in total. The Labute approximate surface area is 132 Å². The van der Waals surface area contributed by atoms with Gasteiger partial charge in [0.05, 0.1) is 4.92 Å². The molecule has 23 heavy (non-hydrogen) atoms. The SMILES string of the molecule is CC(=O)c1cccc(NC(=O)C=Cc2ccc([N+](=O)[O-])cc2)c1. The first-order valence-corrected chi connectivity index (χ1v) is 6.80. The summed E-state index contributed by atoms with van der Waals surface area (Å²) in [5, 5.41) is 13.2. The van der Waals surface area contributed by atoms with Crippen LogP contribution < -0.4 is 5.32 Å². The van der Waals surface area contributed by atoms with Crippen LogP contribution in [0, 0.1) is 10.1 Å². The van der Waals surface area contributed by atoms with Gasteiger partial charge in [-0.05, 0) is 42.8 Å². The minimum Gasteiger partial charge on any atom is -0.322 e. The Balaban J connectivity index is 2.02. The van der Waals surface area contributed by atoms with E-state index in [4.69, 9.17) is 0 Å². The third-order valence-electron chi connectivity index (χ3n) is 3.07. The van der Waals surface area contributed by atoms with Crippen LogP contribution in [0.15, 0.2) is 54.6 Å². The van der Waals surface area contributed by atoms with Crippen LogP contribution in [0.2, 0.25) is 0 Å². The number of ketones is 1. The Morgan fingerprint density at radius 1 is 1.13 bits per heavy atom. The molecule has 0 saturated carbocycles. The van der Waals surface area contributed by atoms with Gasteiger partial charge in [0, 0.05) is 29.5 Å². The van der Waals surface area contributed by atoms with E-state index in [1.807, 2.05) is 0 Å². The minimum atomic E-state index is -0.484. The second-order valence-corrected chi connectivity index (χ2v) is 4.81. The number of non-ortho nitro benzene ring substituents is 1. The number of hydrogen-bond acceptors (Lipinski definition) is 4. The number of carbonyl (C=O) groups excluding carboxylic acids is 2. The van der Waals surface area contributed by atoms with Crippen LogP contribution in [0.5, 0.6) is 0 Å². The second-order valence-electron chi connectivity index (χ2n) is 4.81. The smallest absolute Gasteiger partial charge is 0.269 e. The molecule has 0 aromatic heterocycles. The molecule has 0 heterocycles. The van der Waals surface area contributed by atoms with Crippen LogP contribution in [-0.2, 0) is 4.79 Å². The van der Waals surface area contributed by atoms with Gasteiger partial charge in [0.15, 0.2) is 5.78 Å². The highest BCUT2D eigenvalue weighted by atomic mass is 16.6. The molecule has 1 amide bonds. The van der Waals surface area contributed by atoms with Gasteiger partial charge < -0.3 is 5.32 Å². The van der Waals surface area contributed by atoms with E-state index >= 15 is 0 Å². The van der Waals surface area contributed by atoms with Crippen molar-refractivity contribution < 1.29 is 14.5 Å². The molecule has 0 aliphatic rings. The van der Waals surface area contributed by atoms with E-state index < -0.39 is 4.92 Å². The number of amides is 1. The molecule has 6 nitrogen and oxygen atoms in total. The van der Waals surface area contributed by atoms with E-state index in [9.17, 15) is 19.7 Å². The summed E-state index contributed by atoms with van der Waals surface area (Å²) in [7, 11) is 0. The molecular formula is C17H14N2O4. The number of hydrogen-bond donors (Lipinski definition) is 1. The number of anilines is 1. The van der Waals surface area contributed by atoms with Crippen LogP contribution in [0.4, 0.5) is 11.4 Å². The molecule has 0 saturated heterocycles. The Morgan fingerprint density at radius 2 is 1.83 bits per heavy atom. The number of nitrogens with one attached hydrogen (secondary N) is 1. The molecule has 0 atom stereocenters. The zero-order valence-electron chi connectivity index (χ0n) is 12.4. The maximum atomic E-state index is 11.9. The normalized spacial score (nSPS) is 10.5. The van der Waals surface area contributed by atoms with E-state index in [-0.39, 0.29) is 17.4 Å². The monoisotopic (exact) mass is 310 g/mol. The molecule has 2 rings (SSSR count). The van der Waals surface area contributed by atoms with Gasteiger partial charge in [-0.3, -0.25) is 19.7 Å². The summed E-state index contributed by atoms with van der Waals surface area (Å²) in [4.78, 5) is 33.2. The predicted molar refractivity (Wildman–Crippen MR) is 87.2 cm³/mol. The summed E-state index contributed by atoms with van der Waals surface area (Å²) in [5.74, 6) is -0.438. The van der Waals surface area contributed by atoms with Gasteiger partial charge in [0.2, 0.25) is 5.91 Å². The first-order valence-electron chi connectivity index (χ1n) is 6.80. The van der Waals surface area contributed by atoms with Crippen molar-refractivity contribution in [2.45, 2.75) is 6.92 Å². The van der Waals surface area contributed by atoms with Crippen LogP contribution >= 0.6 is 0 Å². The molecule has 0 spiro atoms. The lowest BCUT2D eigenvalue weighted by atomic mass is 10.1. The van der Waals surface area contributed by atoms with Gasteiger partial charge >= 0.3 is 0 Å². The first kappa shape index (κ1) is 16.1. The van der Waals surface area contributed by atoms with Crippen LogP contribution in [0.25, 0.3) is 6.08 Å². The molecule has 2 aromatic carbocycles. The van der Waals surface area contributed by atoms with Crippen LogP contribution in [-0.4, -0.2) is 16.6 Å². The van der Waals surface area contributed by atoms with E-state index in [2.05, 4.69) is 5.32 Å². The molecule has 0 fully saturated rings. The number of rotatable bonds is 5. The van der Waals surface area contributed by atoms with Gasteiger partial charge in [-0.15, -0.1) is 0 Å². The highest BCUT2D eigenvalue weighted by molar-refractivity contribution is 6.03. The van der Waals surface area contributed by atoms with E-state index in [1.165, 1.54) is 25.1 Å².